The van der Waals surface area contributed by atoms with Crippen LogP contribution in [0.5, 0.6) is 0 Å². The number of aromatic amines is 1. The maximum Gasteiger partial charge on any atom is 0.225 e. The van der Waals surface area contributed by atoms with Gasteiger partial charge in [0.05, 0.1) is 11.0 Å². The second-order valence-electron chi connectivity index (χ2n) is 7.36. The van der Waals surface area contributed by atoms with Gasteiger partial charge >= 0.3 is 0 Å². The monoisotopic (exact) mass is 384 g/mol. The van der Waals surface area contributed by atoms with E-state index in [0.717, 1.165) is 71.9 Å². The Kier molecular flexibility index (Phi) is 5.55. The topological polar surface area (TPSA) is 69.7 Å². The van der Waals surface area contributed by atoms with Crippen molar-refractivity contribution in [3.8, 4) is 0 Å². The Morgan fingerprint density at radius 3 is 2.96 bits per heavy atom. The van der Waals surface area contributed by atoms with E-state index in [1.54, 1.807) is 0 Å². The van der Waals surface area contributed by atoms with E-state index in [-0.39, 0.29) is 0 Å². The molecule has 0 radical (unpaired) electrons. The van der Waals surface area contributed by atoms with Crippen LogP contribution in [0.25, 0.3) is 11.0 Å². The van der Waals surface area contributed by atoms with Crippen LogP contribution in [0.1, 0.15) is 31.2 Å². The van der Waals surface area contributed by atoms with E-state index in [4.69, 9.17) is 11.6 Å². The lowest BCUT2D eigenvalue weighted by Gasteiger charge is -2.30. The first-order valence-electron chi connectivity index (χ1n) is 9.58. The van der Waals surface area contributed by atoms with E-state index in [9.17, 15) is 0 Å². The number of H-pyrrole nitrogens is 1. The second-order valence-corrected chi connectivity index (χ2v) is 7.79. The summed E-state index contributed by atoms with van der Waals surface area (Å²) < 4.78 is 0. The molecule has 3 aromatic rings. The second kappa shape index (κ2) is 8.23. The van der Waals surface area contributed by atoms with Crippen molar-refractivity contribution in [2.24, 2.45) is 5.92 Å². The van der Waals surface area contributed by atoms with Crippen LogP contribution in [0.3, 0.4) is 0 Å². The van der Waals surface area contributed by atoms with E-state index in [1.807, 2.05) is 30.6 Å². The van der Waals surface area contributed by atoms with Crippen molar-refractivity contribution >= 4 is 28.6 Å². The molecule has 2 N–H and O–H groups in total. The molecule has 3 heterocycles. The number of nitrogens with one attached hydrogen (secondary N) is 2. The minimum absolute atomic E-state index is 0.720. The lowest BCUT2D eigenvalue weighted by atomic mass is 10.0. The first-order chi connectivity index (χ1) is 13.2. The first kappa shape index (κ1) is 18.2. The predicted octanol–water partition coefficient (Wildman–Crippen LogP) is 3.57. The zero-order valence-corrected chi connectivity index (χ0v) is 16.3. The Morgan fingerprint density at radius 2 is 2.15 bits per heavy atom. The molecule has 0 aliphatic carbocycles. The largest absolute Gasteiger partial charge is 0.342 e. The molecule has 1 atom stereocenters. The number of imidazole rings is 1. The molecule has 1 aromatic carbocycles. The molecule has 2 aromatic heterocycles. The van der Waals surface area contributed by atoms with Gasteiger partial charge in [-0.25, -0.2) is 15.0 Å². The molecule has 0 spiro atoms. The Hall–Kier alpha value is -2.18. The van der Waals surface area contributed by atoms with Crippen LogP contribution in [-0.4, -0.2) is 39.6 Å². The molecule has 0 bridgehead atoms. The van der Waals surface area contributed by atoms with Crippen molar-refractivity contribution in [3.63, 3.8) is 0 Å². The van der Waals surface area contributed by atoms with Crippen LogP contribution < -0.4 is 10.2 Å². The molecule has 1 fully saturated rings. The zero-order valence-electron chi connectivity index (χ0n) is 15.6. The van der Waals surface area contributed by atoms with Crippen LogP contribution in [0.2, 0.25) is 5.02 Å². The standard InChI is InChI=1S/C20H25ClN6/c1-14-3-2-8-27(13-14)20-23-11-15(12-24-20)10-22-7-6-19-25-17-5-4-16(21)9-18(17)26-19/h4-5,9,11-12,14,22H,2-3,6-8,10,13H2,1H3,(H,25,26). The van der Waals surface area contributed by atoms with E-state index >= 15 is 0 Å². The van der Waals surface area contributed by atoms with Gasteiger partial charge in [0.2, 0.25) is 5.95 Å². The molecule has 7 heteroatoms. The molecule has 4 rings (SSSR count). The average molecular weight is 385 g/mol. The highest BCUT2D eigenvalue weighted by Gasteiger charge is 2.18. The van der Waals surface area contributed by atoms with Crippen LogP contribution in [-0.2, 0) is 13.0 Å². The number of nitrogens with zero attached hydrogens (tertiary/aromatic N) is 4. The molecule has 142 valence electrons. The molecule has 1 aliphatic rings. The maximum atomic E-state index is 6.02. The highest BCUT2D eigenvalue weighted by Crippen LogP contribution is 2.19. The third kappa shape index (κ3) is 4.57. The van der Waals surface area contributed by atoms with Gasteiger partial charge in [0.1, 0.15) is 5.82 Å². The molecule has 1 aliphatic heterocycles. The van der Waals surface area contributed by atoms with Crippen LogP contribution in [0, 0.1) is 5.92 Å². The minimum Gasteiger partial charge on any atom is -0.342 e. The molecular formula is C20H25ClN6. The highest BCUT2D eigenvalue weighted by atomic mass is 35.5. The summed E-state index contributed by atoms with van der Waals surface area (Å²) >= 11 is 6.02. The Morgan fingerprint density at radius 1 is 1.30 bits per heavy atom. The van der Waals surface area contributed by atoms with E-state index in [0.29, 0.717) is 0 Å². The smallest absolute Gasteiger partial charge is 0.225 e. The van der Waals surface area contributed by atoms with Crippen molar-refractivity contribution in [1.82, 2.24) is 25.3 Å². The zero-order chi connectivity index (χ0) is 18.6. The Balaban J connectivity index is 1.26. The number of rotatable bonds is 6. The van der Waals surface area contributed by atoms with Crippen LogP contribution in [0.15, 0.2) is 30.6 Å². The Labute approximate surface area is 164 Å². The third-order valence-electron chi connectivity index (χ3n) is 4.99. The van der Waals surface area contributed by atoms with Crippen molar-refractivity contribution in [1.29, 1.82) is 0 Å². The maximum absolute atomic E-state index is 6.02. The third-order valence-corrected chi connectivity index (χ3v) is 5.23. The summed E-state index contributed by atoms with van der Waals surface area (Å²) in [6.45, 7) is 5.99. The van der Waals surface area contributed by atoms with Gasteiger partial charge in [0.25, 0.3) is 0 Å². The highest BCUT2D eigenvalue weighted by molar-refractivity contribution is 6.31. The fourth-order valence-corrected chi connectivity index (χ4v) is 3.74. The number of fused-ring (bicyclic) bond motifs is 1. The van der Waals surface area contributed by atoms with Crippen molar-refractivity contribution in [3.05, 3.63) is 47.0 Å². The summed E-state index contributed by atoms with van der Waals surface area (Å²) in [7, 11) is 0. The van der Waals surface area contributed by atoms with E-state index in [1.165, 1.54) is 12.8 Å². The number of halogens is 1. The normalized spacial score (nSPS) is 17.6. The van der Waals surface area contributed by atoms with Gasteiger partial charge in [0, 0.05) is 55.6 Å². The SMILES string of the molecule is CC1CCCN(c2ncc(CNCCc3nc4ccc(Cl)cc4[nH]3)cn2)C1. The molecule has 1 unspecified atom stereocenters. The quantitative estimate of drug-likeness (QED) is 0.636. The van der Waals surface area contributed by atoms with E-state index < -0.39 is 0 Å². The number of hydrogen-bond donors (Lipinski definition) is 2. The summed E-state index contributed by atoms with van der Waals surface area (Å²) in [5, 5.41) is 4.15. The Bertz CT molecular complexity index is 891. The first-order valence-corrected chi connectivity index (χ1v) is 9.96. The van der Waals surface area contributed by atoms with Gasteiger partial charge in [0.15, 0.2) is 0 Å². The number of piperidine rings is 1. The van der Waals surface area contributed by atoms with E-state index in [2.05, 4.69) is 37.1 Å². The summed E-state index contributed by atoms with van der Waals surface area (Å²) in [6, 6.07) is 5.71. The number of aromatic nitrogens is 4. The molecule has 6 nitrogen and oxygen atoms in total. The number of benzene rings is 1. The summed E-state index contributed by atoms with van der Waals surface area (Å²) in [6.07, 6.45) is 7.21. The van der Waals surface area contributed by atoms with Gasteiger partial charge in [-0.05, 0) is 37.0 Å². The molecule has 0 amide bonds. The van der Waals surface area contributed by atoms with Gasteiger partial charge < -0.3 is 15.2 Å². The summed E-state index contributed by atoms with van der Waals surface area (Å²) in [5.74, 6) is 2.54. The van der Waals surface area contributed by atoms with Crippen LogP contribution in [0.4, 0.5) is 5.95 Å². The van der Waals surface area contributed by atoms with Crippen molar-refractivity contribution in [2.45, 2.75) is 32.7 Å². The molecule has 0 saturated carbocycles. The van der Waals surface area contributed by atoms with Gasteiger partial charge in [-0.3, -0.25) is 0 Å². The molecular weight excluding hydrogens is 360 g/mol. The average Bonchev–Trinajstić information content (AvgIpc) is 3.07. The summed E-state index contributed by atoms with van der Waals surface area (Å²) in [4.78, 5) is 19.3. The predicted molar refractivity (Wildman–Crippen MR) is 109 cm³/mol. The van der Waals surface area contributed by atoms with Crippen molar-refractivity contribution < 1.29 is 0 Å². The number of hydrogen-bond acceptors (Lipinski definition) is 5. The fourth-order valence-electron chi connectivity index (χ4n) is 3.57. The minimum atomic E-state index is 0.720. The van der Waals surface area contributed by atoms with Gasteiger partial charge in [-0.2, -0.15) is 0 Å². The molecule has 27 heavy (non-hydrogen) atoms. The lowest BCUT2D eigenvalue weighted by Crippen LogP contribution is -2.35. The fraction of sp³-hybridized carbons (Fsp3) is 0.450. The van der Waals surface area contributed by atoms with Gasteiger partial charge in [-0.15, -0.1) is 0 Å². The summed E-state index contributed by atoms with van der Waals surface area (Å²) in [5.41, 5.74) is 3.03. The lowest BCUT2D eigenvalue weighted by molar-refractivity contribution is 0.442. The molecule has 1 saturated heterocycles. The van der Waals surface area contributed by atoms with Crippen molar-refractivity contribution in [2.75, 3.05) is 24.5 Å². The number of anilines is 1. The van der Waals surface area contributed by atoms with Crippen LogP contribution >= 0.6 is 11.6 Å². The van der Waals surface area contributed by atoms with Gasteiger partial charge in [-0.1, -0.05) is 18.5 Å².